The molecule has 27 rings (SSSR count). The van der Waals surface area contributed by atoms with Crippen LogP contribution in [0.15, 0.2) is 516 Å². The molecule has 0 heterocycles. The van der Waals surface area contributed by atoms with Crippen molar-refractivity contribution in [3.8, 4) is 156 Å². The molecule has 26 aromatic carbocycles. The van der Waals surface area contributed by atoms with Crippen LogP contribution in [-0.4, -0.2) is 0 Å². The second kappa shape index (κ2) is 38.3. The normalized spacial score (nSPS) is 12.0. The zero-order valence-corrected chi connectivity index (χ0v) is 83.7. The van der Waals surface area contributed by atoms with E-state index in [1.54, 1.807) is 0 Å². The predicted molar refractivity (Wildman–Crippen MR) is 630 cm³/mol. The van der Waals surface area contributed by atoms with Crippen molar-refractivity contribution in [3.05, 3.63) is 552 Å². The molecule has 0 bridgehead atoms. The summed E-state index contributed by atoms with van der Waals surface area (Å²) in [7, 11) is 0. The maximum absolute atomic E-state index is 6.75. The van der Waals surface area contributed by atoms with E-state index in [0.717, 1.165) is 44.0 Å². The van der Waals surface area contributed by atoms with E-state index in [-0.39, 0.29) is 30.5 Å². The molecule has 0 unspecified atom stereocenters. The average molecular weight is 1960 g/mol. The van der Waals surface area contributed by atoms with Crippen molar-refractivity contribution in [1.29, 1.82) is 0 Å². The Morgan fingerprint density at radius 2 is 0.336 bits per heavy atom. The van der Waals surface area contributed by atoms with Gasteiger partial charge in [-0.1, -0.05) is 563 Å². The number of benzene rings is 26. The molecule has 5 heteroatoms. The fourth-order valence-corrected chi connectivity index (χ4v) is 24.4. The van der Waals surface area contributed by atoms with E-state index in [4.69, 9.17) is 58.0 Å². The summed E-state index contributed by atoms with van der Waals surface area (Å²) >= 11 is 32.8. The van der Waals surface area contributed by atoms with Gasteiger partial charge in [-0.05, 0) is 283 Å². The van der Waals surface area contributed by atoms with Crippen LogP contribution in [0.5, 0.6) is 0 Å². The molecule has 146 heavy (non-hydrogen) atoms. The molecule has 0 spiro atoms. The van der Waals surface area contributed by atoms with Crippen molar-refractivity contribution in [1.82, 2.24) is 0 Å². The Bertz CT molecular complexity index is 9530. The third-order valence-electron chi connectivity index (χ3n) is 29.8. The molecule has 0 saturated carbocycles. The molecule has 0 aromatic heterocycles. The van der Waals surface area contributed by atoms with E-state index >= 15 is 0 Å². The Hall–Kier alpha value is -16.5. The van der Waals surface area contributed by atoms with Gasteiger partial charge in [-0.2, -0.15) is 0 Å². The van der Waals surface area contributed by atoms with Gasteiger partial charge in [-0.15, -0.1) is 0 Å². The lowest BCUT2D eigenvalue weighted by Gasteiger charge is -2.22. The van der Waals surface area contributed by atoms with Crippen molar-refractivity contribution in [2.45, 2.75) is 19.3 Å². The van der Waals surface area contributed by atoms with Gasteiger partial charge in [-0.25, -0.2) is 0 Å². The van der Waals surface area contributed by atoms with Gasteiger partial charge in [0.15, 0.2) is 0 Å². The van der Waals surface area contributed by atoms with E-state index in [1.165, 1.54) is 214 Å². The molecular weight excluding hydrogens is 1870 g/mol. The van der Waals surface area contributed by atoms with Gasteiger partial charge >= 0.3 is 0 Å². The first-order chi connectivity index (χ1) is 71.8. The molecule has 26 aromatic rings. The van der Waals surface area contributed by atoms with Crippen molar-refractivity contribution in [2.24, 2.45) is 0 Å². The van der Waals surface area contributed by atoms with E-state index in [9.17, 15) is 0 Å². The summed E-state index contributed by atoms with van der Waals surface area (Å²) in [6, 6.07) is 187. The van der Waals surface area contributed by atoms with Crippen molar-refractivity contribution in [2.75, 3.05) is 0 Å². The third-order valence-corrected chi connectivity index (χ3v) is 32.1. The molecule has 0 aliphatic heterocycles. The molecule has 0 amide bonds. The zero-order chi connectivity index (χ0) is 98.2. The lowest BCUT2D eigenvalue weighted by atomic mass is 9.81. The molecule has 1 aliphatic carbocycles. The molecule has 0 atom stereocenters. The van der Waals surface area contributed by atoms with Gasteiger partial charge in [0.25, 0.3) is 0 Å². The monoisotopic (exact) mass is 1960 g/mol. The van der Waals surface area contributed by atoms with E-state index < -0.39 is 0 Å². The molecule has 690 valence electrons. The number of rotatable bonds is 13. The summed E-state index contributed by atoms with van der Waals surface area (Å²) in [6.07, 6.45) is 0. The largest absolute Gasteiger partial charge is 0.0819 e. The molecule has 0 saturated heterocycles. The van der Waals surface area contributed by atoms with Crippen LogP contribution in [0.3, 0.4) is 0 Å². The summed E-state index contributed by atoms with van der Waals surface area (Å²) in [6.45, 7) is 4.73. The molecular formula is C141H91Cl5. The average Bonchev–Trinajstić information content (AvgIpc) is 0.776. The van der Waals surface area contributed by atoms with Crippen LogP contribution in [0.25, 0.3) is 253 Å². The Morgan fingerprint density at radius 3 is 0.712 bits per heavy atom. The first-order valence-corrected chi connectivity index (χ1v) is 51.5. The fourth-order valence-electron chi connectivity index (χ4n) is 23.0. The third kappa shape index (κ3) is 16.1. The smallest absolute Gasteiger partial charge is 0.0809 e. The summed E-state index contributed by atoms with van der Waals surface area (Å²) < 4.78 is 0. The molecule has 0 fully saturated rings. The topological polar surface area (TPSA) is 0 Å². The number of hydrogen-bond acceptors (Lipinski definition) is 0. The first-order valence-electron chi connectivity index (χ1n) is 49.6. The Morgan fingerprint density at radius 1 is 0.123 bits per heavy atom. The van der Waals surface area contributed by atoms with Crippen LogP contribution < -0.4 is 0 Å². The maximum atomic E-state index is 6.75. The highest BCUT2D eigenvalue weighted by molar-refractivity contribution is 6.56. The number of fused-ring (bicyclic) bond motifs is 12. The lowest BCUT2D eigenvalue weighted by molar-refractivity contribution is 0.660. The van der Waals surface area contributed by atoms with Gasteiger partial charge in [0.1, 0.15) is 0 Å². The lowest BCUT2D eigenvalue weighted by Crippen LogP contribution is -2.14. The summed E-state index contributed by atoms with van der Waals surface area (Å²) in [5.74, 6) is 0. The fraction of sp³-hybridized carbons (Fsp3) is 0.0213. The predicted octanol–water partition coefficient (Wildman–Crippen LogP) is 42.7. The second-order valence-corrected chi connectivity index (χ2v) is 40.2. The van der Waals surface area contributed by atoms with Gasteiger partial charge in [0.05, 0.1) is 25.1 Å². The van der Waals surface area contributed by atoms with E-state index in [1.807, 2.05) is 18.2 Å². The molecule has 1 aliphatic rings. The van der Waals surface area contributed by atoms with Gasteiger partial charge < -0.3 is 0 Å². The van der Waals surface area contributed by atoms with Crippen molar-refractivity contribution >= 4 is 155 Å². The van der Waals surface area contributed by atoms with Crippen LogP contribution in [0.1, 0.15) is 25.0 Å². The van der Waals surface area contributed by atoms with Crippen molar-refractivity contribution in [3.63, 3.8) is 0 Å². The highest BCUT2D eigenvalue weighted by atomic mass is 35.5. The number of halogens is 5. The van der Waals surface area contributed by atoms with Gasteiger partial charge in [-0.3, -0.25) is 0 Å². The first kappa shape index (κ1) is 90.8. The highest BCUT2D eigenvalue weighted by Crippen LogP contribution is 2.56. The number of hydrogen-bond donors (Lipinski definition) is 0. The van der Waals surface area contributed by atoms with Crippen LogP contribution >= 0.6 is 58.0 Å². The van der Waals surface area contributed by atoms with Crippen LogP contribution in [0.2, 0.25) is 25.1 Å². The summed E-state index contributed by atoms with van der Waals surface area (Å²) in [4.78, 5) is 0. The Labute approximate surface area is 874 Å². The van der Waals surface area contributed by atoms with Crippen LogP contribution in [0.4, 0.5) is 0 Å². The minimum absolute atomic E-state index is 0.0534. The summed E-state index contributed by atoms with van der Waals surface area (Å²) in [5, 5.41) is 23.2. The molecule has 0 nitrogen and oxygen atoms in total. The maximum Gasteiger partial charge on any atom is 0.0809 e. The van der Waals surface area contributed by atoms with Crippen molar-refractivity contribution < 1.29 is 0 Å². The van der Waals surface area contributed by atoms with E-state index in [0.29, 0.717) is 5.56 Å². The highest BCUT2D eigenvalue weighted by Gasteiger charge is 2.36. The second-order valence-electron chi connectivity index (χ2n) is 38.3. The molecule has 0 N–H and O–H groups in total. The minimum atomic E-state index is -0.0534. The Kier molecular flexibility index (Phi) is 23.8. The van der Waals surface area contributed by atoms with E-state index in [2.05, 4.69) is 511 Å². The van der Waals surface area contributed by atoms with Crippen LogP contribution in [-0.2, 0) is 5.41 Å². The van der Waals surface area contributed by atoms with Gasteiger partial charge in [0.2, 0.25) is 0 Å². The van der Waals surface area contributed by atoms with Crippen LogP contribution in [0, 0.1) is 0 Å². The molecule has 0 radical (unpaired) electrons. The quantitative estimate of drug-likeness (QED) is 0.0613. The SMILES string of the molecule is CC1(C)c2ccccc2-c2ccc(-c3ccc4c(-c5ccc(-c6ccccc6)cc5)c5ccccc5c(-c5cccc6ccccc56)c4c3)cc21.Clc1c(Cl)c(Cl)c(-c2ccc3c(-c4ccc(-c5ccccc5)cc4)c4ccccc4c(-c4ccccc4)c3c2)c(Cl)c1Cl.c1ccc(-c2ccc(-c3c4ccccc4c(-c4ccccc4)c4cc(-c5c6ccccc6c(-c6ccccc6)c6ccccc56)ccc34)cc2)cc1. The summed E-state index contributed by atoms with van der Waals surface area (Å²) in [5.41, 5.74) is 36.1. The standard InChI is InChI=1S/C52H34.C51H36.C38H21Cl5/c1-4-16-35(17-5-1)36-28-30-39(31-29-36)50-41-22-10-13-25-44(41)51(38-20-8-3-9-21-38)48-34-40(32-33-47(48)50)52-45-26-14-11-23-42(45)49(37-18-6-2-7-19-37)43-24-12-15-27-46(43)52;1-51(2)47-22-11-10-18-40(47)41-29-27-38(32-48(41)51)37-28-30-45-46(31-37)50(42-21-12-16-35-15-6-7-17-39(35)42)44-20-9-8-19-43(44)49(45)36-25-23-34(24-26-36)33-13-4-3-5-14-33;39-34-33(35(40)37(42)38(43)36(34)41)26-19-20-29-30(21-26)32(24-11-5-2-6-12-24)28-14-8-7-13-27(28)31(29)25-17-15-23(16-18-25)22-9-3-1-4-10-22/h1-34H;3-32H,1-2H3;1-21H. The Balaban J connectivity index is 0.000000115. The minimum Gasteiger partial charge on any atom is -0.0819 e. The van der Waals surface area contributed by atoms with Gasteiger partial charge in [0, 0.05) is 11.0 Å². The zero-order valence-electron chi connectivity index (χ0n) is 80.0.